The second-order valence-corrected chi connectivity index (χ2v) is 7.04. The molecule has 0 saturated carbocycles. The van der Waals surface area contributed by atoms with Crippen molar-refractivity contribution in [1.82, 2.24) is 19.6 Å². The van der Waals surface area contributed by atoms with Crippen LogP contribution in [-0.4, -0.2) is 39.1 Å². The van der Waals surface area contributed by atoms with E-state index in [2.05, 4.69) is 23.2 Å². The Bertz CT molecular complexity index is 1030. The number of nitrogens with zero attached hydrogens (tertiary/aromatic N) is 4. The van der Waals surface area contributed by atoms with Gasteiger partial charge >= 0.3 is 0 Å². The molecule has 0 aliphatic carbocycles. The fourth-order valence-corrected chi connectivity index (χ4v) is 3.53. The molecule has 1 fully saturated rings. The van der Waals surface area contributed by atoms with Crippen molar-refractivity contribution in [3.63, 3.8) is 0 Å². The molecule has 3 aromatic rings. The number of hydrogen-bond acceptors (Lipinski definition) is 5. The van der Waals surface area contributed by atoms with Gasteiger partial charge in [0.05, 0.1) is 30.8 Å². The molecule has 0 N–H and O–H groups in total. The van der Waals surface area contributed by atoms with Crippen molar-refractivity contribution >= 4 is 10.9 Å². The van der Waals surface area contributed by atoms with E-state index in [0.29, 0.717) is 31.7 Å². The number of ether oxygens (including phenoxy) is 2. The van der Waals surface area contributed by atoms with Crippen molar-refractivity contribution in [2.45, 2.75) is 46.4 Å². The van der Waals surface area contributed by atoms with Crippen molar-refractivity contribution in [1.29, 1.82) is 0 Å². The van der Waals surface area contributed by atoms with E-state index in [4.69, 9.17) is 9.47 Å². The molecule has 1 aromatic carbocycles. The summed E-state index contributed by atoms with van der Waals surface area (Å²) in [4.78, 5) is 13.1. The third-order valence-electron chi connectivity index (χ3n) is 4.92. The predicted molar refractivity (Wildman–Crippen MR) is 102 cm³/mol. The van der Waals surface area contributed by atoms with Crippen LogP contribution in [0.15, 0.2) is 29.2 Å². The fraction of sp³-hybridized carbons (Fsp3) is 0.450. The normalized spacial score (nSPS) is 15.5. The van der Waals surface area contributed by atoms with Gasteiger partial charge in [0.2, 0.25) is 0 Å². The Morgan fingerprint density at radius 3 is 2.70 bits per heavy atom. The standard InChI is InChI=1S/C20H24N4O3/c1-13-5-6-17(14(2)11-13)24-19-16(12-21-24)15(3)22-23(20(19)25)8-7-18-26-9-4-10-27-18/h5-6,11-12,18H,4,7-10H2,1-3H3. The van der Waals surface area contributed by atoms with Crippen LogP contribution in [0.5, 0.6) is 0 Å². The molecule has 0 amide bonds. The minimum Gasteiger partial charge on any atom is -0.353 e. The number of aromatic nitrogens is 4. The smallest absolute Gasteiger partial charge is 0.293 e. The third kappa shape index (κ3) is 3.40. The van der Waals surface area contributed by atoms with E-state index >= 15 is 0 Å². The van der Waals surface area contributed by atoms with Gasteiger partial charge in [-0.2, -0.15) is 10.2 Å². The minimum atomic E-state index is -0.271. The van der Waals surface area contributed by atoms with E-state index in [0.717, 1.165) is 28.8 Å². The molecule has 0 atom stereocenters. The van der Waals surface area contributed by atoms with Gasteiger partial charge < -0.3 is 9.47 Å². The summed E-state index contributed by atoms with van der Waals surface area (Å²) in [7, 11) is 0. The molecule has 0 unspecified atom stereocenters. The van der Waals surface area contributed by atoms with Gasteiger partial charge in [-0.05, 0) is 38.8 Å². The monoisotopic (exact) mass is 368 g/mol. The van der Waals surface area contributed by atoms with Gasteiger partial charge in [-0.15, -0.1) is 0 Å². The van der Waals surface area contributed by atoms with Crippen molar-refractivity contribution in [2.24, 2.45) is 0 Å². The summed E-state index contributed by atoms with van der Waals surface area (Å²) < 4.78 is 14.4. The third-order valence-corrected chi connectivity index (χ3v) is 4.92. The van der Waals surface area contributed by atoms with Gasteiger partial charge in [0.15, 0.2) is 6.29 Å². The first-order valence-electron chi connectivity index (χ1n) is 9.31. The Morgan fingerprint density at radius 2 is 1.96 bits per heavy atom. The lowest BCUT2D eigenvalue weighted by molar-refractivity contribution is -0.182. The molecule has 27 heavy (non-hydrogen) atoms. The average Bonchev–Trinajstić information content (AvgIpc) is 3.10. The molecular weight excluding hydrogens is 344 g/mol. The highest BCUT2D eigenvalue weighted by Crippen LogP contribution is 2.21. The summed E-state index contributed by atoms with van der Waals surface area (Å²) in [6.07, 6.45) is 2.95. The van der Waals surface area contributed by atoms with Crippen molar-refractivity contribution in [2.75, 3.05) is 13.2 Å². The highest BCUT2D eigenvalue weighted by molar-refractivity contribution is 5.81. The van der Waals surface area contributed by atoms with E-state index in [-0.39, 0.29) is 11.8 Å². The average molecular weight is 368 g/mol. The summed E-state index contributed by atoms with van der Waals surface area (Å²) in [6, 6.07) is 6.12. The lowest BCUT2D eigenvalue weighted by Crippen LogP contribution is -2.30. The Kier molecular flexibility index (Phi) is 4.80. The second-order valence-electron chi connectivity index (χ2n) is 7.04. The van der Waals surface area contributed by atoms with Crippen molar-refractivity contribution < 1.29 is 9.47 Å². The Morgan fingerprint density at radius 1 is 1.19 bits per heavy atom. The molecule has 142 valence electrons. The molecule has 0 bridgehead atoms. The van der Waals surface area contributed by atoms with Crippen LogP contribution in [-0.2, 0) is 16.0 Å². The minimum absolute atomic E-state index is 0.149. The SMILES string of the molecule is Cc1ccc(-n2ncc3c(C)nn(CCC4OCCCO4)c(=O)c32)c(C)c1. The predicted octanol–water partition coefficient (Wildman–Crippen LogP) is 2.66. The second kappa shape index (κ2) is 7.25. The number of fused-ring (bicyclic) bond motifs is 1. The van der Waals surface area contributed by atoms with E-state index in [1.165, 1.54) is 10.2 Å². The van der Waals surface area contributed by atoms with Crippen LogP contribution in [0.4, 0.5) is 0 Å². The van der Waals surface area contributed by atoms with Crippen LogP contribution in [0.25, 0.3) is 16.6 Å². The van der Waals surface area contributed by atoms with Crippen LogP contribution in [0.3, 0.4) is 0 Å². The van der Waals surface area contributed by atoms with Gasteiger partial charge in [-0.3, -0.25) is 4.79 Å². The van der Waals surface area contributed by atoms with E-state index in [9.17, 15) is 4.79 Å². The fourth-order valence-electron chi connectivity index (χ4n) is 3.53. The van der Waals surface area contributed by atoms with Crippen LogP contribution >= 0.6 is 0 Å². The largest absolute Gasteiger partial charge is 0.353 e. The Labute approximate surface area is 157 Å². The molecule has 0 spiro atoms. The molecule has 1 saturated heterocycles. The number of benzene rings is 1. The highest BCUT2D eigenvalue weighted by Gasteiger charge is 2.18. The quantitative estimate of drug-likeness (QED) is 0.708. The molecule has 0 radical (unpaired) electrons. The molecule has 3 heterocycles. The van der Waals surface area contributed by atoms with Gasteiger partial charge in [0, 0.05) is 18.4 Å². The van der Waals surface area contributed by atoms with Crippen LogP contribution in [0.2, 0.25) is 0 Å². The molecule has 1 aliphatic heterocycles. The van der Waals surface area contributed by atoms with E-state index in [1.807, 2.05) is 26.0 Å². The first kappa shape index (κ1) is 17.9. The van der Waals surface area contributed by atoms with Gasteiger partial charge in [0.1, 0.15) is 5.52 Å². The first-order chi connectivity index (χ1) is 13.0. The summed E-state index contributed by atoms with van der Waals surface area (Å²) in [5.74, 6) is 0. The molecule has 7 heteroatoms. The summed E-state index contributed by atoms with van der Waals surface area (Å²) in [5.41, 5.74) is 4.35. The summed E-state index contributed by atoms with van der Waals surface area (Å²) in [5, 5.41) is 9.73. The number of hydrogen-bond donors (Lipinski definition) is 0. The zero-order valence-electron chi connectivity index (χ0n) is 15.9. The topological polar surface area (TPSA) is 71.2 Å². The number of rotatable bonds is 4. The van der Waals surface area contributed by atoms with Crippen LogP contribution in [0, 0.1) is 20.8 Å². The highest BCUT2D eigenvalue weighted by atomic mass is 16.7. The lowest BCUT2D eigenvalue weighted by Gasteiger charge is -2.23. The lowest BCUT2D eigenvalue weighted by atomic mass is 10.1. The Balaban J connectivity index is 1.74. The molecule has 7 nitrogen and oxygen atoms in total. The summed E-state index contributed by atoms with van der Waals surface area (Å²) in [6.45, 7) is 7.82. The first-order valence-corrected chi connectivity index (χ1v) is 9.31. The van der Waals surface area contributed by atoms with Gasteiger partial charge in [0.25, 0.3) is 5.56 Å². The Hall–Kier alpha value is -2.51. The molecule has 4 rings (SSSR count). The summed E-state index contributed by atoms with van der Waals surface area (Å²) >= 11 is 0. The van der Waals surface area contributed by atoms with Crippen molar-refractivity contribution in [3.05, 3.63) is 51.6 Å². The molecular formula is C20H24N4O3. The maximum absolute atomic E-state index is 13.1. The van der Waals surface area contributed by atoms with Gasteiger partial charge in [-0.1, -0.05) is 17.7 Å². The van der Waals surface area contributed by atoms with Gasteiger partial charge in [-0.25, -0.2) is 9.36 Å². The van der Waals surface area contributed by atoms with E-state index < -0.39 is 0 Å². The molecule has 2 aromatic heterocycles. The van der Waals surface area contributed by atoms with E-state index in [1.54, 1.807) is 10.9 Å². The maximum atomic E-state index is 13.1. The van der Waals surface area contributed by atoms with Crippen LogP contribution < -0.4 is 5.56 Å². The zero-order chi connectivity index (χ0) is 19.0. The van der Waals surface area contributed by atoms with Crippen molar-refractivity contribution in [3.8, 4) is 5.69 Å². The zero-order valence-corrected chi connectivity index (χ0v) is 15.9. The van der Waals surface area contributed by atoms with Crippen LogP contribution in [0.1, 0.15) is 29.7 Å². The molecule has 1 aliphatic rings. The maximum Gasteiger partial charge on any atom is 0.293 e. The number of aryl methyl sites for hydroxylation is 4.